The lowest BCUT2D eigenvalue weighted by molar-refractivity contribution is -0.383. The largest absolute Gasteiger partial charge is 0.449 e. The number of nitro benzene ring substituents is 1. The van der Waals surface area contributed by atoms with Gasteiger partial charge in [-0.25, -0.2) is 9.18 Å². The van der Waals surface area contributed by atoms with Crippen LogP contribution in [0.15, 0.2) is 42.5 Å². The van der Waals surface area contributed by atoms with Crippen LogP contribution in [0.4, 0.5) is 15.8 Å². The van der Waals surface area contributed by atoms with Crippen molar-refractivity contribution in [3.05, 3.63) is 69.5 Å². The van der Waals surface area contributed by atoms with Crippen molar-refractivity contribution in [3.8, 4) is 0 Å². The van der Waals surface area contributed by atoms with Crippen LogP contribution in [0.1, 0.15) is 35.8 Å². The van der Waals surface area contributed by atoms with E-state index in [4.69, 9.17) is 10.5 Å². The molecular weight excluding hydrogens is 357 g/mol. The fourth-order valence-electron chi connectivity index (χ4n) is 2.28. The monoisotopic (exact) mass is 375 g/mol. The van der Waals surface area contributed by atoms with Crippen LogP contribution >= 0.6 is 0 Å². The number of nitro groups is 1. The fourth-order valence-corrected chi connectivity index (χ4v) is 2.28. The van der Waals surface area contributed by atoms with Gasteiger partial charge in [0, 0.05) is 6.07 Å². The Morgan fingerprint density at radius 2 is 1.81 bits per heavy atom. The average molecular weight is 375 g/mol. The van der Waals surface area contributed by atoms with E-state index < -0.39 is 40.5 Å². The highest BCUT2D eigenvalue weighted by atomic mass is 19.1. The molecule has 9 heteroatoms. The Kier molecular flexibility index (Phi) is 6.07. The number of nitrogens with zero attached hydrogens (tertiary/aromatic N) is 1. The molecule has 0 radical (unpaired) electrons. The Labute approximate surface area is 154 Å². The third kappa shape index (κ3) is 5.00. The lowest BCUT2D eigenvalue weighted by Gasteiger charge is -2.18. The molecule has 27 heavy (non-hydrogen) atoms. The summed E-state index contributed by atoms with van der Waals surface area (Å²) >= 11 is 0. The number of halogens is 1. The molecule has 0 unspecified atom stereocenters. The van der Waals surface area contributed by atoms with Crippen LogP contribution in [0.25, 0.3) is 0 Å². The number of nitrogens with two attached hydrogens (primary N) is 1. The standard InChI is InChI=1S/C18H18FN3O5/c1-10(12-3-6-14(19)7-4-12)21-17(23)11(2)27-18(24)13-5-8-15(20)16(9-13)22(25)26/h3-11H,20H2,1-2H3,(H,21,23)/t10-,11-/m0/s1. The Balaban J connectivity index is 2.01. The first-order valence-corrected chi connectivity index (χ1v) is 7.99. The number of esters is 1. The minimum absolute atomic E-state index is 0.0875. The number of hydrogen-bond donors (Lipinski definition) is 2. The van der Waals surface area contributed by atoms with Crippen LogP contribution in [0.5, 0.6) is 0 Å². The average Bonchev–Trinajstić information content (AvgIpc) is 2.62. The highest BCUT2D eigenvalue weighted by Gasteiger charge is 2.23. The molecule has 142 valence electrons. The van der Waals surface area contributed by atoms with Gasteiger partial charge in [-0.15, -0.1) is 0 Å². The van der Waals surface area contributed by atoms with Crippen molar-refractivity contribution in [1.82, 2.24) is 5.32 Å². The second-order valence-corrected chi connectivity index (χ2v) is 5.86. The predicted molar refractivity (Wildman–Crippen MR) is 95.3 cm³/mol. The van der Waals surface area contributed by atoms with E-state index in [9.17, 15) is 24.1 Å². The number of anilines is 1. The Morgan fingerprint density at radius 1 is 1.19 bits per heavy atom. The van der Waals surface area contributed by atoms with Gasteiger partial charge >= 0.3 is 5.97 Å². The maximum absolute atomic E-state index is 13.0. The molecule has 0 spiro atoms. The van der Waals surface area contributed by atoms with Gasteiger partial charge in [-0.05, 0) is 43.7 Å². The molecule has 2 aromatic rings. The molecule has 2 atom stereocenters. The number of hydrogen-bond acceptors (Lipinski definition) is 6. The number of nitrogens with one attached hydrogen (secondary N) is 1. The van der Waals surface area contributed by atoms with Gasteiger partial charge in [0.05, 0.1) is 16.5 Å². The van der Waals surface area contributed by atoms with Crippen molar-refractivity contribution in [3.63, 3.8) is 0 Å². The second-order valence-electron chi connectivity index (χ2n) is 5.86. The number of ether oxygens (including phenoxy) is 1. The molecule has 2 rings (SSSR count). The first kappa shape index (κ1) is 19.8. The van der Waals surface area contributed by atoms with Gasteiger partial charge in [0.2, 0.25) is 0 Å². The minimum atomic E-state index is -1.14. The van der Waals surface area contributed by atoms with Crippen molar-refractivity contribution >= 4 is 23.3 Å². The summed E-state index contributed by atoms with van der Waals surface area (Å²) in [5.74, 6) is -1.85. The topological polar surface area (TPSA) is 125 Å². The summed E-state index contributed by atoms with van der Waals surface area (Å²) in [6, 6.07) is 8.66. The van der Waals surface area contributed by atoms with E-state index in [0.29, 0.717) is 5.56 Å². The first-order valence-electron chi connectivity index (χ1n) is 7.99. The zero-order valence-corrected chi connectivity index (χ0v) is 14.6. The lowest BCUT2D eigenvalue weighted by atomic mass is 10.1. The summed E-state index contributed by atoms with van der Waals surface area (Å²) in [5.41, 5.74) is 5.55. The summed E-state index contributed by atoms with van der Waals surface area (Å²) in [6.45, 7) is 3.07. The molecular formula is C18H18FN3O5. The molecule has 2 aromatic carbocycles. The molecule has 0 heterocycles. The fraction of sp³-hybridized carbons (Fsp3) is 0.222. The zero-order valence-electron chi connectivity index (χ0n) is 14.6. The zero-order chi connectivity index (χ0) is 20.1. The third-order valence-electron chi connectivity index (χ3n) is 3.84. The third-order valence-corrected chi connectivity index (χ3v) is 3.84. The van der Waals surface area contributed by atoms with Crippen LogP contribution in [0, 0.1) is 15.9 Å². The molecule has 0 aromatic heterocycles. The van der Waals surface area contributed by atoms with E-state index >= 15 is 0 Å². The Bertz CT molecular complexity index is 870. The van der Waals surface area contributed by atoms with E-state index in [1.807, 2.05) is 0 Å². The van der Waals surface area contributed by atoms with E-state index in [1.165, 1.54) is 43.3 Å². The normalized spacial score (nSPS) is 12.7. The second kappa shape index (κ2) is 8.26. The lowest BCUT2D eigenvalue weighted by Crippen LogP contribution is -2.37. The summed E-state index contributed by atoms with van der Waals surface area (Å²) in [6.07, 6.45) is -1.14. The maximum atomic E-state index is 13.0. The van der Waals surface area contributed by atoms with E-state index in [0.717, 1.165) is 6.07 Å². The summed E-state index contributed by atoms with van der Waals surface area (Å²) in [7, 11) is 0. The first-order chi connectivity index (χ1) is 12.7. The maximum Gasteiger partial charge on any atom is 0.339 e. The quantitative estimate of drug-likeness (QED) is 0.346. The molecule has 0 saturated carbocycles. The number of benzene rings is 2. The van der Waals surface area contributed by atoms with Gasteiger partial charge in [-0.2, -0.15) is 0 Å². The number of rotatable bonds is 6. The number of amides is 1. The summed E-state index contributed by atoms with van der Waals surface area (Å²) in [5, 5.41) is 13.5. The molecule has 0 fully saturated rings. The van der Waals surface area contributed by atoms with E-state index in [2.05, 4.69) is 5.32 Å². The van der Waals surface area contributed by atoms with Gasteiger partial charge in [-0.1, -0.05) is 12.1 Å². The van der Waals surface area contributed by atoms with E-state index in [1.54, 1.807) is 6.92 Å². The van der Waals surface area contributed by atoms with Gasteiger partial charge in [0.1, 0.15) is 11.5 Å². The SMILES string of the molecule is C[C@H](OC(=O)c1ccc(N)c([N+](=O)[O-])c1)C(=O)N[C@@H](C)c1ccc(F)cc1. The van der Waals surface area contributed by atoms with Gasteiger partial charge < -0.3 is 15.8 Å². The smallest absolute Gasteiger partial charge is 0.339 e. The predicted octanol–water partition coefficient (Wildman–Crippen LogP) is 2.74. The molecule has 0 saturated heterocycles. The summed E-state index contributed by atoms with van der Waals surface area (Å²) < 4.78 is 18.0. The molecule has 0 aliphatic carbocycles. The van der Waals surface area contributed by atoms with Crippen LogP contribution in [-0.2, 0) is 9.53 Å². The molecule has 0 aliphatic heterocycles. The van der Waals surface area contributed by atoms with Crippen molar-refractivity contribution in [2.75, 3.05) is 5.73 Å². The highest BCUT2D eigenvalue weighted by molar-refractivity contribution is 5.93. The number of nitrogen functional groups attached to an aromatic ring is 1. The minimum Gasteiger partial charge on any atom is -0.449 e. The Morgan fingerprint density at radius 3 is 2.41 bits per heavy atom. The molecule has 0 aliphatic rings. The van der Waals surface area contributed by atoms with Crippen LogP contribution in [0.2, 0.25) is 0 Å². The Hall–Kier alpha value is -3.49. The van der Waals surface area contributed by atoms with Crippen LogP contribution in [0.3, 0.4) is 0 Å². The summed E-state index contributed by atoms with van der Waals surface area (Å²) in [4.78, 5) is 34.5. The van der Waals surface area contributed by atoms with Crippen molar-refractivity contribution < 1.29 is 23.6 Å². The molecule has 3 N–H and O–H groups in total. The number of carbonyl (C=O) groups is 2. The highest BCUT2D eigenvalue weighted by Crippen LogP contribution is 2.23. The van der Waals surface area contributed by atoms with Gasteiger partial charge in [-0.3, -0.25) is 14.9 Å². The van der Waals surface area contributed by atoms with Gasteiger partial charge in [0.25, 0.3) is 11.6 Å². The molecule has 1 amide bonds. The molecule has 8 nitrogen and oxygen atoms in total. The van der Waals surface area contributed by atoms with Gasteiger partial charge in [0.15, 0.2) is 6.10 Å². The van der Waals surface area contributed by atoms with Crippen molar-refractivity contribution in [2.24, 2.45) is 0 Å². The van der Waals surface area contributed by atoms with Crippen LogP contribution in [-0.4, -0.2) is 22.9 Å². The van der Waals surface area contributed by atoms with Crippen molar-refractivity contribution in [2.45, 2.75) is 26.0 Å². The van der Waals surface area contributed by atoms with Crippen LogP contribution < -0.4 is 11.1 Å². The molecule has 0 bridgehead atoms. The number of carbonyl (C=O) groups excluding carboxylic acids is 2. The van der Waals surface area contributed by atoms with Crippen molar-refractivity contribution in [1.29, 1.82) is 0 Å². The van der Waals surface area contributed by atoms with E-state index in [-0.39, 0.29) is 11.3 Å².